The van der Waals surface area contributed by atoms with Crippen LogP contribution in [0.25, 0.3) is 0 Å². The van der Waals surface area contributed by atoms with Crippen LogP contribution in [0.5, 0.6) is 5.75 Å². The van der Waals surface area contributed by atoms with Crippen LogP contribution >= 0.6 is 11.6 Å². The van der Waals surface area contributed by atoms with Gasteiger partial charge in [-0.05, 0) is 53.4 Å². The predicted octanol–water partition coefficient (Wildman–Crippen LogP) is 3.85. The van der Waals surface area contributed by atoms with Crippen LogP contribution in [0.3, 0.4) is 0 Å². The lowest BCUT2D eigenvalue weighted by molar-refractivity contribution is -0.113. The first kappa shape index (κ1) is 16.4. The van der Waals surface area contributed by atoms with Gasteiger partial charge in [0.1, 0.15) is 5.75 Å². The van der Waals surface area contributed by atoms with Gasteiger partial charge in [-0.25, -0.2) is 0 Å². The average molecular weight is 318 g/mol. The Hall–Kier alpha value is -2.00. The first-order valence-corrected chi connectivity index (χ1v) is 7.48. The highest BCUT2D eigenvalue weighted by atomic mass is 35.5. The van der Waals surface area contributed by atoms with Crippen molar-refractivity contribution in [2.45, 2.75) is 12.3 Å². The second kappa shape index (κ2) is 7.32. The van der Waals surface area contributed by atoms with Gasteiger partial charge >= 0.3 is 0 Å². The second-order valence-corrected chi connectivity index (χ2v) is 5.77. The number of hydrogen-bond donors (Lipinski definition) is 0. The molecule has 0 aromatic heterocycles. The molecule has 0 aliphatic carbocycles. The fourth-order valence-electron chi connectivity index (χ4n) is 2.35. The third kappa shape index (κ3) is 4.01. The number of carbonyl (C=O) groups excluding carboxylic acids is 1. The normalized spacial score (nSPS) is 11.8. The van der Waals surface area contributed by atoms with Crippen LogP contribution in [-0.2, 0) is 11.2 Å². The monoisotopic (exact) mass is 317 g/mol. The minimum atomic E-state index is -0.373. The van der Waals surface area contributed by atoms with Crippen molar-refractivity contribution in [3.05, 3.63) is 59.7 Å². The van der Waals surface area contributed by atoms with Crippen molar-refractivity contribution in [2.24, 2.45) is 0 Å². The van der Waals surface area contributed by atoms with Crippen LogP contribution in [-0.4, -0.2) is 26.4 Å². The molecule has 0 bridgehead atoms. The minimum Gasteiger partial charge on any atom is -0.497 e. The molecule has 0 heterocycles. The Morgan fingerprint density at radius 1 is 1.18 bits per heavy atom. The Morgan fingerprint density at radius 3 is 2.41 bits per heavy atom. The summed E-state index contributed by atoms with van der Waals surface area (Å²) in [7, 11) is 5.60. The van der Waals surface area contributed by atoms with E-state index in [0.29, 0.717) is 6.42 Å². The van der Waals surface area contributed by atoms with E-state index in [4.69, 9.17) is 16.3 Å². The summed E-state index contributed by atoms with van der Waals surface area (Å²) in [5.74, 6) is 0.352. The molecule has 0 N–H and O–H groups in total. The van der Waals surface area contributed by atoms with E-state index in [9.17, 15) is 4.79 Å². The Bertz CT molecular complexity index is 638. The van der Waals surface area contributed by atoms with Crippen molar-refractivity contribution in [3.63, 3.8) is 0 Å². The number of hydrogen-bond acceptors (Lipinski definition) is 3. The van der Waals surface area contributed by atoms with Crippen molar-refractivity contribution >= 4 is 22.5 Å². The van der Waals surface area contributed by atoms with Gasteiger partial charge in [-0.1, -0.05) is 24.3 Å². The molecule has 0 radical (unpaired) electrons. The molecule has 1 unspecified atom stereocenters. The SMILES string of the molecule is COc1cccc(C(Cc2ccc(N(C)C)cc2)C(=O)Cl)c1. The molecule has 2 aromatic rings. The van der Waals surface area contributed by atoms with E-state index < -0.39 is 0 Å². The smallest absolute Gasteiger partial charge is 0.229 e. The van der Waals surface area contributed by atoms with Gasteiger partial charge in [0.2, 0.25) is 5.24 Å². The molecule has 0 saturated heterocycles. The van der Waals surface area contributed by atoms with Crippen molar-refractivity contribution in [1.82, 2.24) is 0 Å². The van der Waals surface area contributed by atoms with E-state index >= 15 is 0 Å². The summed E-state index contributed by atoms with van der Waals surface area (Å²) in [4.78, 5) is 13.9. The zero-order valence-electron chi connectivity index (χ0n) is 13.0. The zero-order valence-corrected chi connectivity index (χ0v) is 13.8. The lowest BCUT2D eigenvalue weighted by atomic mass is 9.93. The fraction of sp³-hybridized carbons (Fsp3) is 0.278. The van der Waals surface area contributed by atoms with Crippen LogP contribution in [0, 0.1) is 0 Å². The molecule has 0 aliphatic heterocycles. The highest BCUT2D eigenvalue weighted by molar-refractivity contribution is 6.64. The third-order valence-corrected chi connectivity index (χ3v) is 3.93. The summed E-state index contributed by atoms with van der Waals surface area (Å²) < 4.78 is 5.22. The summed E-state index contributed by atoms with van der Waals surface area (Å²) in [6.07, 6.45) is 0.573. The summed E-state index contributed by atoms with van der Waals surface area (Å²) in [5.41, 5.74) is 3.07. The Balaban J connectivity index is 2.23. The Labute approximate surface area is 136 Å². The number of anilines is 1. The van der Waals surface area contributed by atoms with E-state index in [1.54, 1.807) is 7.11 Å². The maximum Gasteiger partial charge on any atom is 0.229 e. The molecule has 3 nitrogen and oxygen atoms in total. The molecule has 116 valence electrons. The molecule has 4 heteroatoms. The summed E-state index contributed by atoms with van der Waals surface area (Å²) in [6.45, 7) is 0. The molecule has 0 spiro atoms. The largest absolute Gasteiger partial charge is 0.497 e. The van der Waals surface area contributed by atoms with Gasteiger partial charge in [0.15, 0.2) is 0 Å². The maximum absolute atomic E-state index is 11.8. The van der Waals surface area contributed by atoms with Crippen molar-refractivity contribution < 1.29 is 9.53 Å². The first-order chi connectivity index (χ1) is 10.5. The van der Waals surface area contributed by atoms with E-state index in [1.165, 1.54) is 0 Å². The van der Waals surface area contributed by atoms with Gasteiger partial charge in [0.25, 0.3) is 0 Å². The summed E-state index contributed by atoms with van der Waals surface area (Å²) in [6, 6.07) is 15.6. The average Bonchev–Trinajstić information content (AvgIpc) is 2.52. The number of rotatable bonds is 6. The van der Waals surface area contributed by atoms with E-state index in [2.05, 4.69) is 0 Å². The molecule has 2 rings (SSSR count). The van der Waals surface area contributed by atoms with Crippen molar-refractivity contribution in [1.29, 1.82) is 0 Å². The molecule has 1 atom stereocenters. The van der Waals surface area contributed by atoms with E-state index in [0.717, 1.165) is 22.6 Å². The van der Waals surface area contributed by atoms with Crippen LogP contribution in [0.2, 0.25) is 0 Å². The number of ether oxygens (including phenoxy) is 1. The van der Waals surface area contributed by atoms with E-state index in [-0.39, 0.29) is 11.2 Å². The number of methoxy groups -OCH3 is 1. The standard InChI is InChI=1S/C18H20ClNO2/c1-20(2)15-9-7-13(8-10-15)11-17(18(19)21)14-5-4-6-16(12-14)22-3/h4-10,12,17H,11H2,1-3H3. The fourth-order valence-corrected chi connectivity index (χ4v) is 2.56. The maximum atomic E-state index is 11.8. The van der Waals surface area contributed by atoms with Gasteiger partial charge in [-0.2, -0.15) is 0 Å². The summed E-state index contributed by atoms with van der Waals surface area (Å²) >= 11 is 5.82. The van der Waals surface area contributed by atoms with Gasteiger partial charge in [0.05, 0.1) is 13.0 Å². The molecule has 0 fully saturated rings. The lowest BCUT2D eigenvalue weighted by Crippen LogP contribution is -2.11. The number of carbonyl (C=O) groups is 1. The molecule has 22 heavy (non-hydrogen) atoms. The molecule has 0 amide bonds. The minimum absolute atomic E-state index is 0.357. The Morgan fingerprint density at radius 2 is 1.86 bits per heavy atom. The molecule has 2 aromatic carbocycles. The van der Waals surface area contributed by atoms with E-state index in [1.807, 2.05) is 67.5 Å². The highest BCUT2D eigenvalue weighted by Crippen LogP contribution is 2.27. The Kier molecular flexibility index (Phi) is 5.45. The van der Waals surface area contributed by atoms with Crippen LogP contribution in [0.1, 0.15) is 17.0 Å². The van der Waals surface area contributed by atoms with Gasteiger partial charge in [-0.3, -0.25) is 4.79 Å². The molecule has 0 saturated carbocycles. The third-order valence-electron chi connectivity index (χ3n) is 3.66. The van der Waals surface area contributed by atoms with Gasteiger partial charge < -0.3 is 9.64 Å². The van der Waals surface area contributed by atoms with Crippen LogP contribution in [0.15, 0.2) is 48.5 Å². The quantitative estimate of drug-likeness (QED) is 0.758. The topological polar surface area (TPSA) is 29.5 Å². The zero-order chi connectivity index (χ0) is 16.1. The van der Waals surface area contributed by atoms with Crippen molar-refractivity contribution in [3.8, 4) is 5.75 Å². The predicted molar refractivity (Wildman–Crippen MR) is 91.1 cm³/mol. The number of nitrogens with zero attached hydrogens (tertiary/aromatic N) is 1. The van der Waals surface area contributed by atoms with Gasteiger partial charge in [0, 0.05) is 19.8 Å². The molecular weight excluding hydrogens is 298 g/mol. The number of halogens is 1. The van der Waals surface area contributed by atoms with Crippen LogP contribution < -0.4 is 9.64 Å². The lowest BCUT2D eigenvalue weighted by Gasteiger charge is -2.16. The highest BCUT2D eigenvalue weighted by Gasteiger charge is 2.20. The second-order valence-electron chi connectivity index (χ2n) is 5.40. The first-order valence-electron chi connectivity index (χ1n) is 7.11. The van der Waals surface area contributed by atoms with Crippen LogP contribution in [0.4, 0.5) is 5.69 Å². The van der Waals surface area contributed by atoms with Crippen molar-refractivity contribution in [2.75, 3.05) is 26.1 Å². The molecular formula is C18H20ClNO2. The molecule has 0 aliphatic rings. The van der Waals surface area contributed by atoms with Gasteiger partial charge in [-0.15, -0.1) is 0 Å². The summed E-state index contributed by atoms with van der Waals surface area (Å²) in [5, 5.41) is -0.357. The number of benzene rings is 2.